The number of aliphatic hydroxyl groups is 6. The molecule has 0 aliphatic carbocycles. The number of esters is 5. The standard InChI is InChI=1S/C41H64O21/c1-6-11-35(48)56-20-28(43)17-53-27-34(55-19-30(45)22-58-37(50)13-8-3)41(62-26-32(47)24-60-39(52)15-10-5)40(61-25-31(46)23-59-38(51)14-9-4)33(16-42)54-18-29(44)21-57-36(49)12-7-2/h6-15,28-34,40-47H,16-27H2,1-5H3/t28?,29?,30?,31?,32?,33-,34-,40-,41-/m1/s1. The lowest BCUT2D eigenvalue weighted by Crippen LogP contribution is -2.54. The summed E-state index contributed by atoms with van der Waals surface area (Å²) < 4.78 is 54.6. The molecule has 0 bridgehead atoms. The summed E-state index contributed by atoms with van der Waals surface area (Å²) in [6, 6.07) is 0. The van der Waals surface area contributed by atoms with Gasteiger partial charge in [0, 0.05) is 30.4 Å². The summed E-state index contributed by atoms with van der Waals surface area (Å²) in [6.07, 6.45) is -0.657. The Bertz CT molecular complexity index is 1410. The quantitative estimate of drug-likeness (QED) is 0.0251. The highest BCUT2D eigenvalue weighted by molar-refractivity contribution is 5.83. The fourth-order valence-electron chi connectivity index (χ4n) is 4.60. The summed E-state index contributed by atoms with van der Waals surface area (Å²) in [6.45, 7) is 0.936. The van der Waals surface area contributed by atoms with E-state index in [-0.39, 0.29) is 0 Å². The highest BCUT2D eigenvalue weighted by Gasteiger charge is 2.40. The van der Waals surface area contributed by atoms with Crippen molar-refractivity contribution in [2.75, 3.05) is 79.3 Å². The van der Waals surface area contributed by atoms with Crippen LogP contribution in [0, 0.1) is 0 Å². The summed E-state index contributed by atoms with van der Waals surface area (Å²) in [5.74, 6) is -3.78. The normalized spacial score (nSPS) is 16.5. The first kappa shape index (κ1) is 57.6. The van der Waals surface area contributed by atoms with Crippen LogP contribution in [0.2, 0.25) is 0 Å². The van der Waals surface area contributed by atoms with Crippen LogP contribution in [0.25, 0.3) is 0 Å². The van der Waals surface area contributed by atoms with Crippen LogP contribution in [-0.2, 0) is 71.3 Å². The van der Waals surface area contributed by atoms with E-state index in [9.17, 15) is 54.6 Å². The van der Waals surface area contributed by atoms with Crippen molar-refractivity contribution >= 4 is 29.8 Å². The van der Waals surface area contributed by atoms with Crippen LogP contribution in [-0.4, -0.2) is 195 Å². The zero-order chi connectivity index (χ0) is 46.7. The Balaban J connectivity index is 6.95. The van der Waals surface area contributed by atoms with Gasteiger partial charge in [-0.1, -0.05) is 30.4 Å². The minimum Gasteiger partial charge on any atom is -0.460 e. The molecular weight excluding hydrogens is 828 g/mol. The van der Waals surface area contributed by atoms with Crippen LogP contribution in [0.3, 0.4) is 0 Å². The van der Waals surface area contributed by atoms with Crippen molar-refractivity contribution in [3.05, 3.63) is 60.8 Å². The smallest absolute Gasteiger partial charge is 0.330 e. The third kappa shape index (κ3) is 29.0. The molecule has 5 unspecified atom stereocenters. The molecule has 9 atom stereocenters. The number of aliphatic hydroxyl groups excluding tert-OH is 6. The third-order valence-corrected chi connectivity index (χ3v) is 7.40. The zero-order valence-electron chi connectivity index (χ0n) is 35.8. The van der Waals surface area contributed by atoms with Gasteiger partial charge in [0.25, 0.3) is 0 Å². The first-order valence-corrected chi connectivity index (χ1v) is 19.7. The Morgan fingerprint density at radius 2 is 0.629 bits per heavy atom. The molecule has 0 amide bonds. The monoisotopic (exact) mass is 892 g/mol. The van der Waals surface area contributed by atoms with Crippen molar-refractivity contribution < 1.29 is 102 Å². The molecule has 354 valence electrons. The molecule has 0 heterocycles. The summed E-state index contributed by atoms with van der Waals surface area (Å²) in [5.41, 5.74) is 0. The van der Waals surface area contributed by atoms with Crippen LogP contribution < -0.4 is 0 Å². The number of rotatable bonds is 35. The van der Waals surface area contributed by atoms with Crippen LogP contribution in [0.4, 0.5) is 0 Å². The molecule has 0 aliphatic heterocycles. The van der Waals surface area contributed by atoms with Crippen molar-refractivity contribution in [2.45, 2.75) is 89.6 Å². The molecule has 0 aromatic rings. The second-order valence-electron chi connectivity index (χ2n) is 13.0. The molecule has 62 heavy (non-hydrogen) atoms. The predicted molar refractivity (Wildman–Crippen MR) is 216 cm³/mol. The van der Waals surface area contributed by atoms with E-state index in [4.69, 9.17) is 47.4 Å². The first-order valence-electron chi connectivity index (χ1n) is 19.7. The lowest BCUT2D eigenvalue weighted by molar-refractivity contribution is -0.216. The molecular formula is C41H64O21. The van der Waals surface area contributed by atoms with Crippen molar-refractivity contribution in [3.63, 3.8) is 0 Å². The maximum atomic E-state index is 11.9. The number of carbonyl (C=O) groups is 5. The van der Waals surface area contributed by atoms with Crippen molar-refractivity contribution in [1.29, 1.82) is 0 Å². The average Bonchev–Trinajstić information content (AvgIpc) is 3.23. The molecule has 0 radical (unpaired) electrons. The highest BCUT2D eigenvalue weighted by Crippen LogP contribution is 2.21. The van der Waals surface area contributed by atoms with Gasteiger partial charge in [-0.3, -0.25) is 0 Å². The fourth-order valence-corrected chi connectivity index (χ4v) is 4.60. The molecule has 0 aliphatic rings. The van der Waals surface area contributed by atoms with Crippen LogP contribution >= 0.6 is 0 Å². The number of hydrogen-bond donors (Lipinski definition) is 6. The van der Waals surface area contributed by atoms with Crippen molar-refractivity contribution in [2.24, 2.45) is 0 Å². The van der Waals surface area contributed by atoms with E-state index in [1.165, 1.54) is 30.4 Å². The molecule has 21 heteroatoms. The number of hydrogen-bond acceptors (Lipinski definition) is 21. The lowest BCUT2D eigenvalue weighted by Gasteiger charge is -2.38. The fraction of sp³-hybridized carbons (Fsp3) is 0.634. The highest BCUT2D eigenvalue weighted by atomic mass is 16.6. The van der Waals surface area contributed by atoms with E-state index in [1.54, 1.807) is 34.6 Å². The zero-order valence-corrected chi connectivity index (χ0v) is 35.8. The minimum atomic E-state index is -1.58. The molecule has 0 aromatic carbocycles. The SMILES string of the molecule is CC=CC(=O)OCC(O)COC[C@@H](OCC(O)COC(=O)C=CC)[C@@H](OCC(O)COC(=O)C=CC)[C@H](OCC(O)COC(=O)C=CC)[C@@H](CO)OCC(O)COC(=O)C=CC. The van der Waals surface area contributed by atoms with Gasteiger partial charge in [-0.05, 0) is 34.6 Å². The number of ether oxygens (including phenoxy) is 10. The first-order chi connectivity index (χ1) is 29.6. The van der Waals surface area contributed by atoms with E-state index in [1.807, 2.05) is 0 Å². The predicted octanol–water partition coefficient (Wildman–Crippen LogP) is -1.06. The van der Waals surface area contributed by atoms with E-state index in [0.29, 0.717) is 0 Å². The van der Waals surface area contributed by atoms with E-state index >= 15 is 0 Å². The van der Waals surface area contributed by atoms with E-state index in [0.717, 1.165) is 30.4 Å². The van der Waals surface area contributed by atoms with Crippen molar-refractivity contribution in [1.82, 2.24) is 0 Å². The van der Waals surface area contributed by atoms with Gasteiger partial charge in [0.05, 0.1) is 46.2 Å². The van der Waals surface area contributed by atoms with Crippen LogP contribution in [0.5, 0.6) is 0 Å². The summed E-state index contributed by atoms with van der Waals surface area (Å²) in [4.78, 5) is 59.3. The summed E-state index contributed by atoms with van der Waals surface area (Å²) >= 11 is 0. The largest absolute Gasteiger partial charge is 0.460 e. The molecule has 0 saturated carbocycles. The Kier molecular flexibility index (Phi) is 33.6. The Labute approximate surface area is 361 Å². The molecule has 0 spiro atoms. The van der Waals surface area contributed by atoms with Gasteiger partial charge >= 0.3 is 29.8 Å². The van der Waals surface area contributed by atoms with E-state index in [2.05, 4.69) is 0 Å². The molecule has 0 aromatic heterocycles. The van der Waals surface area contributed by atoms with E-state index < -0.39 is 164 Å². The summed E-state index contributed by atoms with van der Waals surface area (Å²) in [5, 5.41) is 63.9. The Morgan fingerprint density at radius 3 is 0.919 bits per heavy atom. The van der Waals surface area contributed by atoms with Gasteiger partial charge in [0.2, 0.25) is 0 Å². The van der Waals surface area contributed by atoms with Crippen LogP contribution in [0.15, 0.2) is 60.8 Å². The third-order valence-electron chi connectivity index (χ3n) is 7.40. The van der Waals surface area contributed by atoms with Gasteiger partial charge in [0.1, 0.15) is 88.0 Å². The minimum absolute atomic E-state index is 0.470. The maximum Gasteiger partial charge on any atom is 0.330 e. The Morgan fingerprint density at radius 1 is 0.371 bits per heavy atom. The maximum absolute atomic E-state index is 11.9. The van der Waals surface area contributed by atoms with Crippen molar-refractivity contribution in [3.8, 4) is 0 Å². The molecule has 0 rings (SSSR count). The van der Waals surface area contributed by atoms with Gasteiger partial charge in [-0.15, -0.1) is 0 Å². The average molecular weight is 893 g/mol. The van der Waals surface area contributed by atoms with Gasteiger partial charge in [0.15, 0.2) is 0 Å². The van der Waals surface area contributed by atoms with Gasteiger partial charge in [-0.25, -0.2) is 24.0 Å². The molecule has 0 fully saturated rings. The summed E-state index contributed by atoms with van der Waals surface area (Å²) in [7, 11) is 0. The number of carbonyl (C=O) groups excluding carboxylic acids is 5. The van der Waals surface area contributed by atoms with Crippen LogP contribution in [0.1, 0.15) is 34.6 Å². The molecule has 21 nitrogen and oxygen atoms in total. The second kappa shape index (κ2) is 36.1. The molecule has 6 N–H and O–H groups in total. The topological polar surface area (TPSA) is 299 Å². The lowest BCUT2D eigenvalue weighted by atomic mass is 10.0. The van der Waals surface area contributed by atoms with Gasteiger partial charge < -0.3 is 78.0 Å². The molecule has 0 saturated heterocycles. The number of allylic oxidation sites excluding steroid dienone is 5. The van der Waals surface area contributed by atoms with Gasteiger partial charge in [-0.2, -0.15) is 0 Å². The second-order valence-corrected chi connectivity index (χ2v) is 13.0. The Hall–Kier alpha value is -4.39.